The molecule has 0 atom stereocenters. The first kappa shape index (κ1) is 12.5. The highest BCUT2D eigenvalue weighted by molar-refractivity contribution is 9.10. The molecule has 0 aliphatic carbocycles. The van der Waals surface area contributed by atoms with E-state index < -0.39 is 0 Å². The van der Waals surface area contributed by atoms with Crippen LogP contribution >= 0.6 is 15.9 Å². The molecule has 2 nitrogen and oxygen atoms in total. The minimum Gasteiger partial charge on any atom is -0.384 e. The van der Waals surface area contributed by atoms with Crippen LogP contribution in [0.3, 0.4) is 0 Å². The molecule has 1 aromatic rings. The van der Waals surface area contributed by atoms with E-state index >= 15 is 0 Å². The molecule has 0 saturated heterocycles. The Morgan fingerprint density at radius 3 is 2.60 bits per heavy atom. The van der Waals surface area contributed by atoms with Crippen molar-refractivity contribution in [3.8, 4) is 0 Å². The van der Waals surface area contributed by atoms with Gasteiger partial charge in [-0.25, -0.2) is 0 Å². The van der Waals surface area contributed by atoms with Crippen LogP contribution in [-0.2, 0) is 0 Å². The molecule has 1 rings (SSSR count). The van der Waals surface area contributed by atoms with E-state index in [1.165, 1.54) is 11.3 Å². The van der Waals surface area contributed by atoms with Crippen molar-refractivity contribution in [3.63, 3.8) is 0 Å². The van der Waals surface area contributed by atoms with Crippen molar-refractivity contribution < 1.29 is 0 Å². The summed E-state index contributed by atoms with van der Waals surface area (Å²) in [5, 5.41) is 6.75. The van der Waals surface area contributed by atoms with Crippen molar-refractivity contribution >= 4 is 21.6 Å². The third-order valence-electron chi connectivity index (χ3n) is 2.16. The molecule has 0 amide bonds. The zero-order valence-electron chi connectivity index (χ0n) is 9.60. The van der Waals surface area contributed by atoms with Crippen LogP contribution in [0.2, 0.25) is 0 Å². The first-order chi connectivity index (χ1) is 7.09. The molecule has 0 aliphatic rings. The van der Waals surface area contributed by atoms with Crippen LogP contribution in [0.1, 0.15) is 19.4 Å². The van der Waals surface area contributed by atoms with E-state index in [0.717, 1.165) is 17.6 Å². The highest BCUT2D eigenvalue weighted by Gasteiger charge is 1.96. The number of rotatable bonds is 5. The molecule has 0 fully saturated rings. The average molecular weight is 271 g/mol. The van der Waals surface area contributed by atoms with Crippen LogP contribution in [-0.4, -0.2) is 19.1 Å². The Kier molecular flexibility index (Phi) is 5.12. The van der Waals surface area contributed by atoms with E-state index in [1.807, 2.05) is 0 Å². The van der Waals surface area contributed by atoms with E-state index in [-0.39, 0.29) is 0 Å². The van der Waals surface area contributed by atoms with Crippen molar-refractivity contribution in [3.05, 3.63) is 28.2 Å². The molecule has 1 aromatic carbocycles. The fourth-order valence-corrected chi connectivity index (χ4v) is 1.57. The minimum absolute atomic E-state index is 0.554. The van der Waals surface area contributed by atoms with E-state index in [1.54, 1.807) is 0 Å². The predicted octanol–water partition coefficient (Wildman–Crippen LogP) is 3.17. The van der Waals surface area contributed by atoms with Crippen molar-refractivity contribution in [2.75, 3.05) is 18.4 Å². The second-order valence-corrected chi connectivity index (χ2v) is 4.85. The van der Waals surface area contributed by atoms with Gasteiger partial charge in [-0.05, 0) is 30.7 Å². The van der Waals surface area contributed by atoms with Gasteiger partial charge in [0, 0.05) is 29.3 Å². The standard InChI is InChI=1S/C12H19BrN2/c1-9(2)14-6-7-15-11-4-5-12(13)10(3)8-11/h4-5,8-9,14-15H,6-7H2,1-3H3. The Labute approximate surface area is 101 Å². The number of halogens is 1. The first-order valence-electron chi connectivity index (χ1n) is 5.33. The van der Waals surface area contributed by atoms with Crippen molar-refractivity contribution in [1.29, 1.82) is 0 Å². The molecule has 0 bridgehead atoms. The summed E-state index contributed by atoms with van der Waals surface area (Å²) in [7, 11) is 0. The molecule has 84 valence electrons. The van der Waals surface area contributed by atoms with Crippen LogP contribution in [0.15, 0.2) is 22.7 Å². The number of hydrogen-bond acceptors (Lipinski definition) is 2. The van der Waals surface area contributed by atoms with E-state index in [4.69, 9.17) is 0 Å². The molecule has 3 heteroatoms. The van der Waals surface area contributed by atoms with Crippen molar-refractivity contribution in [2.45, 2.75) is 26.8 Å². The summed E-state index contributed by atoms with van der Waals surface area (Å²) in [6, 6.07) is 6.87. The van der Waals surface area contributed by atoms with Crippen LogP contribution < -0.4 is 10.6 Å². The van der Waals surface area contributed by atoms with E-state index in [9.17, 15) is 0 Å². The van der Waals surface area contributed by atoms with Crippen LogP contribution in [0, 0.1) is 6.92 Å². The molecule has 2 N–H and O–H groups in total. The number of anilines is 1. The third-order valence-corrected chi connectivity index (χ3v) is 3.05. The molecular formula is C12H19BrN2. The summed E-state index contributed by atoms with van der Waals surface area (Å²) in [5.74, 6) is 0. The van der Waals surface area contributed by atoms with Gasteiger partial charge in [0.05, 0.1) is 0 Å². The molecule has 0 radical (unpaired) electrons. The summed E-state index contributed by atoms with van der Waals surface area (Å²) >= 11 is 3.49. The Hall–Kier alpha value is -0.540. The zero-order valence-corrected chi connectivity index (χ0v) is 11.2. The van der Waals surface area contributed by atoms with Gasteiger partial charge in [0.15, 0.2) is 0 Å². The van der Waals surface area contributed by atoms with E-state index in [2.05, 4.69) is 65.5 Å². The Balaban J connectivity index is 2.35. The van der Waals surface area contributed by atoms with Gasteiger partial charge < -0.3 is 10.6 Å². The van der Waals surface area contributed by atoms with Gasteiger partial charge >= 0.3 is 0 Å². The maximum absolute atomic E-state index is 3.49. The summed E-state index contributed by atoms with van der Waals surface area (Å²) in [5.41, 5.74) is 2.44. The fraction of sp³-hybridized carbons (Fsp3) is 0.500. The summed E-state index contributed by atoms with van der Waals surface area (Å²) < 4.78 is 1.16. The normalized spacial score (nSPS) is 10.7. The Morgan fingerprint density at radius 2 is 2.00 bits per heavy atom. The number of aryl methyl sites for hydroxylation is 1. The number of hydrogen-bond donors (Lipinski definition) is 2. The predicted molar refractivity (Wildman–Crippen MR) is 70.5 cm³/mol. The third kappa shape index (κ3) is 4.67. The molecule has 0 heterocycles. The van der Waals surface area contributed by atoms with Gasteiger partial charge in [0.25, 0.3) is 0 Å². The van der Waals surface area contributed by atoms with Crippen LogP contribution in [0.4, 0.5) is 5.69 Å². The van der Waals surface area contributed by atoms with Crippen LogP contribution in [0.5, 0.6) is 0 Å². The second kappa shape index (κ2) is 6.13. The molecule has 0 spiro atoms. The quantitative estimate of drug-likeness (QED) is 0.804. The monoisotopic (exact) mass is 270 g/mol. The minimum atomic E-state index is 0.554. The van der Waals surface area contributed by atoms with E-state index in [0.29, 0.717) is 6.04 Å². The number of nitrogens with one attached hydrogen (secondary N) is 2. The molecule has 0 saturated carbocycles. The molecular weight excluding hydrogens is 252 g/mol. The van der Waals surface area contributed by atoms with Gasteiger partial charge in [0.1, 0.15) is 0 Å². The first-order valence-corrected chi connectivity index (χ1v) is 6.12. The maximum atomic E-state index is 3.49. The second-order valence-electron chi connectivity index (χ2n) is 4.00. The van der Waals surface area contributed by atoms with Crippen molar-refractivity contribution in [2.24, 2.45) is 0 Å². The fourth-order valence-electron chi connectivity index (χ4n) is 1.32. The van der Waals surface area contributed by atoms with Gasteiger partial charge in [-0.15, -0.1) is 0 Å². The highest BCUT2D eigenvalue weighted by atomic mass is 79.9. The lowest BCUT2D eigenvalue weighted by Crippen LogP contribution is -2.28. The SMILES string of the molecule is Cc1cc(NCCNC(C)C)ccc1Br. The molecule has 0 aliphatic heterocycles. The molecule has 0 unspecified atom stereocenters. The van der Waals surface area contributed by atoms with Crippen LogP contribution in [0.25, 0.3) is 0 Å². The van der Waals surface area contributed by atoms with Gasteiger partial charge in [0.2, 0.25) is 0 Å². The van der Waals surface area contributed by atoms with Gasteiger partial charge in [-0.1, -0.05) is 29.8 Å². The number of benzene rings is 1. The Bertz CT molecular complexity index is 310. The Morgan fingerprint density at radius 1 is 1.27 bits per heavy atom. The largest absolute Gasteiger partial charge is 0.384 e. The van der Waals surface area contributed by atoms with Crippen molar-refractivity contribution in [1.82, 2.24) is 5.32 Å². The average Bonchev–Trinajstić information content (AvgIpc) is 2.18. The lowest BCUT2D eigenvalue weighted by Gasteiger charge is -2.10. The smallest absolute Gasteiger partial charge is 0.0344 e. The topological polar surface area (TPSA) is 24.1 Å². The van der Waals surface area contributed by atoms with Gasteiger partial charge in [-0.2, -0.15) is 0 Å². The molecule has 0 aromatic heterocycles. The summed E-state index contributed by atoms with van der Waals surface area (Å²) in [4.78, 5) is 0. The molecule has 15 heavy (non-hydrogen) atoms. The highest BCUT2D eigenvalue weighted by Crippen LogP contribution is 2.19. The maximum Gasteiger partial charge on any atom is 0.0344 e. The lowest BCUT2D eigenvalue weighted by atomic mass is 10.2. The summed E-state index contributed by atoms with van der Waals surface area (Å²) in [6.07, 6.45) is 0. The zero-order chi connectivity index (χ0) is 11.3. The summed E-state index contributed by atoms with van der Waals surface area (Å²) in [6.45, 7) is 8.36. The van der Waals surface area contributed by atoms with Gasteiger partial charge in [-0.3, -0.25) is 0 Å². The lowest BCUT2D eigenvalue weighted by molar-refractivity contribution is 0.602.